The number of nitrogens with zero attached hydrogens (tertiary/aromatic N) is 2. The van der Waals surface area contributed by atoms with Gasteiger partial charge >= 0.3 is 0 Å². The molecule has 0 aromatic heterocycles. The van der Waals surface area contributed by atoms with Crippen LogP contribution in [0, 0.1) is 0 Å². The van der Waals surface area contributed by atoms with Crippen molar-refractivity contribution in [3.8, 4) is 11.5 Å². The van der Waals surface area contributed by atoms with E-state index in [4.69, 9.17) is 10.5 Å². The third kappa shape index (κ3) is 6.60. The molecule has 3 aromatic rings. The lowest BCUT2D eigenvalue weighted by Crippen LogP contribution is -2.52. The van der Waals surface area contributed by atoms with Crippen molar-refractivity contribution >= 4 is 23.4 Å². The van der Waals surface area contributed by atoms with Crippen LogP contribution in [0.5, 0.6) is 11.5 Å². The molecule has 0 aliphatic carbocycles. The molecule has 3 amide bonds. The number of nitrogens with one attached hydrogen (secondary N) is 1. The van der Waals surface area contributed by atoms with E-state index >= 15 is 0 Å². The van der Waals surface area contributed by atoms with E-state index < -0.39 is 11.9 Å². The quantitative estimate of drug-likeness (QED) is 0.321. The lowest BCUT2D eigenvalue weighted by molar-refractivity contribution is -0.136. The maximum absolute atomic E-state index is 12.2. The zero-order valence-electron chi connectivity index (χ0n) is 22.3. The van der Waals surface area contributed by atoms with Crippen LogP contribution in [0.1, 0.15) is 52.7 Å². The van der Waals surface area contributed by atoms with Crippen molar-refractivity contribution in [2.24, 2.45) is 0 Å². The molecule has 40 heavy (non-hydrogen) atoms. The molecular weight excluding hydrogens is 508 g/mol. The Balaban J connectivity index is 0.000000162. The van der Waals surface area contributed by atoms with Gasteiger partial charge in [-0.05, 0) is 91.5 Å². The highest BCUT2D eigenvalue weighted by atomic mass is 16.5. The van der Waals surface area contributed by atoms with E-state index in [2.05, 4.69) is 28.4 Å². The number of likely N-dealkylation sites (tertiary alicyclic amines) is 1. The molecule has 4 N–H and O–H groups in total. The Morgan fingerprint density at radius 2 is 1.73 bits per heavy atom. The summed E-state index contributed by atoms with van der Waals surface area (Å²) in [5.41, 5.74) is 10.2. The second-order valence-corrected chi connectivity index (χ2v) is 10.4. The number of phenolic OH excluding ortho intramolecular Hbond substituents is 1. The van der Waals surface area contributed by atoms with Crippen LogP contribution >= 0.6 is 0 Å². The summed E-state index contributed by atoms with van der Waals surface area (Å²) in [6, 6.07) is 20.1. The molecule has 3 heterocycles. The van der Waals surface area contributed by atoms with Gasteiger partial charge in [0.15, 0.2) is 0 Å². The number of carbonyl (C=O) groups is 3. The Kier molecular flexibility index (Phi) is 8.31. The first kappa shape index (κ1) is 27.2. The number of ether oxygens (including phenoxy) is 1. The zero-order chi connectivity index (χ0) is 28.1. The molecule has 2 saturated heterocycles. The van der Waals surface area contributed by atoms with Crippen molar-refractivity contribution < 1.29 is 24.2 Å². The molecule has 3 aliphatic rings. The number of nitrogen functional groups attached to an aromatic ring is 1. The predicted molar refractivity (Wildman–Crippen MR) is 150 cm³/mol. The Morgan fingerprint density at radius 3 is 2.50 bits per heavy atom. The van der Waals surface area contributed by atoms with Crippen molar-refractivity contribution in [2.45, 2.75) is 51.4 Å². The lowest BCUT2D eigenvalue weighted by Gasteiger charge is -2.29. The van der Waals surface area contributed by atoms with Crippen LogP contribution < -0.4 is 15.8 Å². The monoisotopic (exact) mass is 542 g/mol. The highest BCUT2D eigenvalue weighted by molar-refractivity contribution is 6.05. The molecule has 0 saturated carbocycles. The summed E-state index contributed by atoms with van der Waals surface area (Å²) in [6.07, 6.45) is 3.23. The minimum Gasteiger partial charge on any atom is -0.508 e. The maximum Gasteiger partial charge on any atom is 0.255 e. The molecule has 1 atom stereocenters. The normalized spacial score (nSPS) is 18.6. The number of anilines is 1. The van der Waals surface area contributed by atoms with Crippen molar-refractivity contribution in [2.75, 3.05) is 18.8 Å². The first-order chi connectivity index (χ1) is 19.4. The van der Waals surface area contributed by atoms with Crippen LogP contribution in [0.25, 0.3) is 0 Å². The fourth-order valence-corrected chi connectivity index (χ4v) is 5.34. The first-order valence-electron chi connectivity index (χ1n) is 13.6. The zero-order valence-corrected chi connectivity index (χ0v) is 22.3. The van der Waals surface area contributed by atoms with E-state index in [0.29, 0.717) is 24.2 Å². The predicted octanol–water partition coefficient (Wildman–Crippen LogP) is 3.60. The highest BCUT2D eigenvalue weighted by Crippen LogP contribution is 2.29. The smallest absolute Gasteiger partial charge is 0.255 e. The van der Waals surface area contributed by atoms with E-state index in [9.17, 15) is 19.5 Å². The largest absolute Gasteiger partial charge is 0.508 e. The molecule has 9 nitrogen and oxygen atoms in total. The molecule has 3 aliphatic heterocycles. The third-order valence-electron chi connectivity index (χ3n) is 7.37. The molecule has 9 heteroatoms. The van der Waals surface area contributed by atoms with Gasteiger partial charge in [0.05, 0.1) is 0 Å². The summed E-state index contributed by atoms with van der Waals surface area (Å²) in [6.45, 7) is 4.30. The Morgan fingerprint density at radius 1 is 0.950 bits per heavy atom. The fraction of sp³-hybridized carbons (Fsp3) is 0.323. The van der Waals surface area contributed by atoms with Crippen molar-refractivity contribution in [3.05, 3.63) is 89.0 Å². The van der Waals surface area contributed by atoms with Gasteiger partial charge in [0.25, 0.3) is 5.91 Å². The lowest BCUT2D eigenvalue weighted by atomic mass is 10.0. The number of piperidine rings is 1. The number of rotatable bonds is 6. The van der Waals surface area contributed by atoms with Gasteiger partial charge < -0.3 is 20.5 Å². The average Bonchev–Trinajstić information content (AvgIpc) is 3.55. The summed E-state index contributed by atoms with van der Waals surface area (Å²) in [7, 11) is 0. The average molecular weight is 543 g/mol. The van der Waals surface area contributed by atoms with E-state index in [-0.39, 0.29) is 30.5 Å². The van der Waals surface area contributed by atoms with Gasteiger partial charge in [-0.1, -0.05) is 24.3 Å². The Hall–Kier alpha value is -4.37. The molecular formula is C31H34N4O5. The number of aromatic hydroxyl groups is 1. The molecule has 6 rings (SSSR count). The van der Waals surface area contributed by atoms with Gasteiger partial charge in [-0.15, -0.1) is 0 Å². The van der Waals surface area contributed by atoms with Gasteiger partial charge in [0.1, 0.15) is 24.1 Å². The van der Waals surface area contributed by atoms with Gasteiger partial charge in [-0.2, -0.15) is 0 Å². The standard InChI is InChI=1S/C18H22N2O.C13H12N2O4/c19-17-7-3-6-16(11-17)14-21-18-8-4-5-15(12-18)13-20-9-1-2-10-20;16-8-1-2-9-7(5-8)6-15(13(9)19)10-3-4-11(17)14-12(10)18/h3-8,11-12H,1-2,9-10,13-14,19H2;1-2,5,10,16H,3-4,6H2,(H,14,17,18). The Bertz CT molecular complexity index is 1400. The Labute approximate surface area is 233 Å². The third-order valence-corrected chi connectivity index (χ3v) is 7.37. The summed E-state index contributed by atoms with van der Waals surface area (Å²) in [5, 5.41) is 11.7. The number of fused-ring (bicyclic) bond motifs is 1. The van der Waals surface area contributed by atoms with Crippen molar-refractivity contribution in [1.82, 2.24) is 15.1 Å². The van der Waals surface area contributed by atoms with Gasteiger partial charge in [0.2, 0.25) is 11.8 Å². The summed E-state index contributed by atoms with van der Waals surface area (Å²) in [4.78, 5) is 39.1. The number of phenols is 1. The second-order valence-electron chi connectivity index (χ2n) is 10.4. The fourth-order valence-electron chi connectivity index (χ4n) is 5.34. The van der Waals surface area contributed by atoms with E-state index in [1.165, 1.54) is 48.5 Å². The maximum atomic E-state index is 12.2. The van der Waals surface area contributed by atoms with Gasteiger partial charge in [-0.25, -0.2) is 0 Å². The molecule has 0 radical (unpaired) electrons. The van der Waals surface area contributed by atoms with Crippen LogP contribution in [0.3, 0.4) is 0 Å². The topological polar surface area (TPSA) is 125 Å². The molecule has 208 valence electrons. The van der Waals surface area contributed by atoms with Crippen LogP contribution in [0.15, 0.2) is 66.7 Å². The second kappa shape index (κ2) is 12.2. The number of imide groups is 1. The van der Waals surface area contributed by atoms with Crippen LogP contribution in [0.2, 0.25) is 0 Å². The van der Waals surface area contributed by atoms with E-state index in [1.54, 1.807) is 6.07 Å². The molecule has 1 unspecified atom stereocenters. The minimum absolute atomic E-state index is 0.0941. The molecule has 0 spiro atoms. The number of benzene rings is 3. The highest BCUT2D eigenvalue weighted by Gasteiger charge is 2.39. The van der Waals surface area contributed by atoms with Crippen molar-refractivity contribution in [1.29, 1.82) is 0 Å². The SMILES string of the molecule is Nc1cccc(COc2cccc(CN3CCCC3)c2)c1.O=C1CCC(N2Cc3cc(O)ccc3C2=O)C(=O)N1. The number of carbonyl (C=O) groups excluding carboxylic acids is 3. The van der Waals surface area contributed by atoms with E-state index in [1.807, 2.05) is 30.3 Å². The first-order valence-corrected chi connectivity index (χ1v) is 13.6. The molecule has 0 bridgehead atoms. The van der Waals surface area contributed by atoms with Gasteiger partial charge in [-0.3, -0.25) is 24.6 Å². The van der Waals surface area contributed by atoms with Crippen LogP contribution in [0.4, 0.5) is 5.69 Å². The van der Waals surface area contributed by atoms with E-state index in [0.717, 1.165) is 23.5 Å². The van der Waals surface area contributed by atoms with Crippen LogP contribution in [-0.2, 0) is 29.3 Å². The molecule has 2 fully saturated rings. The number of amides is 3. The minimum atomic E-state index is -0.611. The van der Waals surface area contributed by atoms with Crippen molar-refractivity contribution in [3.63, 3.8) is 0 Å². The number of hydrogen-bond acceptors (Lipinski definition) is 7. The van der Waals surface area contributed by atoms with Crippen LogP contribution in [-0.4, -0.2) is 51.8 Å². The molecule has 3 aromatic carbocycles. The summed E-state index contributed by atoms with van der Waals surface area (Å²) < 4.78 is 5.88. The number of nitrogens with two attached hydrogens (primary N) is 1. The summed E-state index contributed by atoms with van der Waals surface area (Å²) >= 11 is 0. The number of hydrogen-bond donors (Lipinski definition) is 3. The van der Waals surface area contributed by atoms with Gasteiger partial charge in [0, 0.05) is 30.8 Å². The summed E-state index contributed by atoms with van der Waals surface area (Å²) in [5.74, 6) is 0.0555.